The summed E-state index contributed by atoms with van der Waals surface area (Å²) in [5.74, 6) is -1.21. The molecule has 0 unspecified atom stereocenters. The van der Waals surface area contributed by atoms with Gasteiger partial charge in [0.2, 0.25) is 0 Å². The van der Waals surface area contributed by atoms with Gasteiger partial charge in [0.15, 0.2) is 0 Å². The Hall–Kier alpha value is -3.58. The largest absolute Gasteiger partial charge is 0.478 e. The van der Waals surface area contributed by atoms with Gasteiger partial charge in [-0.05, 0) is 49.4 Å². The number of rotatable bonds is 8. The highest BCUT2D eigenvalue weighted by Gasteiger charge is 2.24. The van der Waals surface area contributed by atoms with E-state index in [2.05, 4.69) is 18.8 Å². The Labute approximate surface area is 193 Å². The maximum atomic E-state index is 13.3. The molecule has 3 aromatic rings. The molecule has 0 aliphatic heterocycles. The molecule has 0 saturated carbocycles. The lowest BCUT2D eigenvalue weighted by molar-refractivity contribution is 0.0466. The highest BCUT2D eigenvalue weighted by atomic mass is 16.5. The van der Waals surface area contributed by atoms with Gasteiger partial charge in [-0.2, -0.15) is 0 Å². The summed E-state index contributed by atoms with van der Waals surface area (Å²) in [5.41, 5.74) is 12.1. The van der Waals surface area contributed by atoms with Crippen molar-refractivity contribution >= 4 is 11.9 Å². The van der Waals surface area contributed by atoms with Crippen LogP contribution in [0, 0.1) is 19.8 Å². The summed E-state index contributed by atoms with van der Waals surface area (Å²) in [4.78, 5) is 33.1. The van der Waals surface area contributed by atoms with Gasteiger partial charge < -0.3 is 15.6 Å². The molecule has 3 N–H and O–H groups in total. The second-order valence-electron chi connectivity index (χ2n) is 8.46. The summed E-state index contributed by atoms with van der Waals surface area (Å²) in [6.07, 6.45) is 1.99. The SMILES string of the molecule is Cc1ccc(-c2c(CN)c(CC(C)C)nc(C)c2C(=O)OCc2ccc(C(=O)O)cn2)cc1. The van der Waals surface area contributed by atoms with Gasteiger partial charge >= 0.3 is 11.9 Å². The maximum absolute atomic E-state index is 13.3. The van der Waals surface area contributed by atoms with E-state index in [0.29, 0.717) is 22.9 Å². The average Bonchev–Trinajstić information content (AvgIpc) is 2.77. The molecular formula is C26H29N3O4. The number of pyridine rings is 2. The van der Waals surface area contributed by atoms with Gasteiger partial charge in [0, 0.05) is 24.0 Å². The second-order valence-corrected chi connectivity index (χ2v) is 8.46. The van der Waals surface area contributed by atoms with Gasteiger partial charge in [-0.3, -0.25) is 9.97 Å². The van der Waals surface area contributed by atoms with Crippen LogP contribution in [0.3, 0.4) is 0 Å². The molecule has 2 heterocycles. The Morgan fingerprint density at radius 1 is 1.09 bits per heavy atom. The van der Waals surface area contributed by atoms with Gasteiger partial charge in [-0.1, -0.05) is 43.7 Å². The summed E-state index contributed by atoms with van der Waals surface area (Å²) in [5, 5.41) is 9.01. The normalized spacial score (nSPS) is 11.0. The molecule has 7 nitrogen and oxygen atoms in total. The molecule has 0 radical (unpaired) electrons. The van der Waals surface area contributed by atoms with E-state index in [4.69, 9.17) is 20.6 Å². The predicted molar refractivity (Wildman–Crippen MR) is 126 cm³/mol. The molecule has 0 amide bonds. The fourth-order valence-corrected chi connectivity index (χ4v) is 3.71. The number of carboxylic acids is 1. The smallest absolute Gasteiger partial charge is 0.341 e. The number of benzene rings is 1. The first-order valence-electron chi connectivity index (χ1n) is 10.9. The van der Waals surface area contributed by atoms with Gasteiger partial charge in [0.1, 0.15) is 6.61 Å². The number of aromatic nitrogens is 2. The molecule has 172 valence electrons. The molecule has 0 fully saturated rings. The van der Waals surface area contributed by atoms with Crippen LogP contribution in [-0.2, 0) is 24.3 Å². The van der Waals surface area contributed by atoms with Crippen LogP contribution in [0.5, 0.6) is 0 Å². The molecule has 7 heteroatoms. The highest BCUT2D eigenvalue weighted by Crippen LogP contribution is 2.33. The Morgan fingerprint density at radius 2 is 1.79 bits per heavy atom. The highest BCUT2D eigenvalue weighted by molar-refractivity contribution is 5.99. The molecule has 0 aliphatic rings. The van der Waals surface area contributed by atoms with E-state index < -0.39 is 11.9 Å². The van der Waals surface area contributed by atoms with Crippen molar-refractivity contribution in [2.24, 2.45) is 11.7 Å². The molecule has 0 aliphatic carbocycles. The topological polar surface area (TPSA) is 115 Å². The van der Waals surface area contributed by atoms with E-state index in [1.54, 1.807) is 6.92 Å². The summed E-state index contributed by atoms with van der Waals surface area (Å²) in [6.45, 7) is 8.21. The van der Waals surface area contributed by atoms with Crippen LogP contribution in [0.4, 0.5) is 0 Å². The van der Waals surface area contributed by atoms with Crippen molar-refractivity contribution in [2.75, 3.05) is 0 Å². The standard InChI is InChI=1S/C26H29N3O4/c1-15(2)11-22-21(12-27)24(18-7-5-16(3)6-8-18)23(17(4)29-22)26(32)33-14-20-10-9-19(13-28-20)25(30)31/h5-10,13,15H,11-12,14,27H2,1-4H3,(H,30,31). The van der Waals surface area contributed by atoms with Gasteiger partial charge in [-0.15, -0.1) is 0 Å². The Morgan fingerprint density at radius 3 is 2.33 bits per heavy atom. The molecule has 0 bridgehead atoms. The molecule has 0 saturated heterocycles. The van der Waals surface area contributed by atoms with E-state index in [1.807, 2.05) is 31.2 Å². The monoisotopic (exact) mass is 447 g/mol. The van der Waals surface area contributed by atoms with Gasteiger partial charge in [-0.25, -0.2) is 9.59 Å². The Balaban J connectivity index is 2.02. The number of carbonyl (C=O) groups excluding carboxylic acids is 1. The third-order valence-electron chi connectivity index (χ3n) is 5.34. The van der Waals surface area contributed by atoms with E-state index in [-0.39, 0.29) is 18.7 Å². The van der Waals surface area contributed by atoms with Crippen LogP contribution in [0.15, 0.2) is 42.6 Å². The quantitative estimate of drug-likeness (QED) is 0.489. The summed E-state index contributed by atoms with van der Waals surface area (Å²) >= 11 is 0. The number of nitrogens with two attached hydrogens (primary N) is 1. The van der Waals surface area contributed by atoms with Crippen LogP contribution in [0.1, 0.15) is 62.8 Å². The van der Waals surface area contributed by atoms with Gasteiger partial charge in [0.25, 0.3) is 0 Å². The first-order valence-corrected chi connectivity index (χ1v) is 10.9. The Kier molecular flexibility index (Phi) is 7.55. The van der Waals surface area contributed by atoms with Crippen LogP contribution in [0.2, 0.25) is 0 Å². The number of carbonyl (C=O) groups is 2. The fraction of sp³-hybridized carbons (Fsp3) is 0.308. The van der Waals surface area contributed by atoms with E-state index >= 15 is 0 Å². The average molecular weight is 448 g/mol. The maximum Gasteiger partial charge on any atom is 0.341 e. The van der Waals surface area contributed by atoms with Crippen molar-refractivity contribution in [1.82, 2.24) is 9.97 Å². The fourth-order valence-electron chi connectivity index (χ4n) is 3.71. The zero-order valence-electron chi connectivity index (χ0n) is 19.4. The van der Waals surface area contributed by atoms with Crippen molar-refractivity contribution in [2.45, 2.75) is 47.3 Å². The minimum Gasteiger partial charge on any atom is -0.478 e. The lowest BCUT2D eigenvalue weighted by Gasteiger charge is -2.20. The number of aromatic carboxylic acids is 1. The third-order valence-corrected chi connectivity index (χ3v) is 5.34. The molecule has 3 rings (SSSR count). The van der Waals surface area contributed by atoms with Gasteiger partial charge in [0.05, 0.1) is 22.5 Å². The molecule has 0 spiro atoms. The van der Waals surface area contributed by atoms with Crippen molar-refractivity contribution in [3.8, 4) is 11.1 Å². The Bertz CT molecular complexity index is 1150. The predicted octanol–water partition coefficient (Wildman–Crippen LogP) is 4.47. The van der Waals surface area contributed by atoms with Crippen molar-refractivity contribution in [3.63, 3.8) is 0 Å². The third kappa shape index (κ3) is 5.62. The molecule has 2 aromatic heterocycles. The summed E-state index contributed by atoms with van der Waals surface area (Å²) < 4.78 is 5.57. The summed E-state index contributed by atoms with van der Waals surface area (Å²) in [6, 6.07) is 10.9. The summed E-state index contributed by atoms with van der Waals surface area (Å²) in [7, 11) is 0. The minimum atomic E-state index is -1.06. The first kappa shape index (κ1) is 24.1. The van der Waals surface area contributed by atoms with Crippen molar-refractivity contribution in [1.29, 1.82) is 0 Å². The minimum absolute atomic E-state index is 0.0695. The van der Waals surface area contributed by atoms with Crippen molar-refractivity contribution in [3.05, 3.63) is 81.9 Å². The molecule has 1 aromatic carbocycles. The van der Waals surface area contributed by atoms with Crippen LogP contribution in [-0.4, -0.2) is 27.0 Å². The number of hydrogen-bond acceptors (Lipinski definition) is 6. The molecular weight excluding hydrogens is 418 g/mol. The zero-order chi connectivity index (χ0) is 24.1. The van der Waals surface area contributed by atoms with E-state index in [1.165, 1.54) is 18.3 Å². The first-order chi connectivity index (χ1) is 15.7. The van der Waals surface area contributed by atoms with Crippen LogP contribution < -0.4 is 5.73 Å². The number of aryl methyl sites for hydroxylation is 2. The van der Waals surface area contributed by atoms with Crippen LogP contribution in [0.25, 0.3) is 11.1 Å². The lowest BCUT2D eigenvalue weighted by atomic mass is 9.90. The lowest BCUT2D eigenvalue weighted by Crippen LogP contribution is -2.17. The van der Waals surface area contributed by atoms with Crippen LogP contribution >= 0.6 is 0 Å². The number of hydrogen-bond donors (Lipinski definition) is 2. The van der Waals surface area contributed by atoms with E-state index in [0.717, 1.165) is 34.4 Å². The molecule has 0 atom stereocenters. The molecule has 33 heavy (non-hydrogen) atoms. The van der Waals surface area contributed by atoms with E-state index in [9.17, 15) is 9.59 Å². The zero-order valence-corrected chi connectivity index (χ0v) is 19.4. The number of carboxylic acid groups (broad SMARTS) is 1. The van der Waals surface area contributed by atoms with Crippen molar-refractivity contribution < 1.29 is 19.4 Å². The number of nitrogens with zero attached hydrogens (tertiary/aromatic N) is 2. The second kappa shape index (κ2) is 10.4. The number of esters is 1. The number of ether oxygens (including phenoxy) is 1.